The third-order valence-corrected chi connectivity index (χ3v) is 4.31. The van der Waals surface area contributed by atoms with Crippen LogP contribution in [-0.4, -0.2) is 61.1 Å². The number of hydrogen-bond acceptors (Lipinski definition) is 4. The van der Waals surface area contributed by atoms with Gasteiger partial charge in [0.25, 0.3) is 0 Å². The molecule has 2 aliphatic rings. The smallest absolute Gasteiger partial charge is 0.409 e. The molecule has 0 spiro atoms. The second-order valence-corrected chi connectivity index (χ2v) is 5.80. The maximum atomic E-state index is 12.4. The van der Waals surface area contributed by atoms with E-state index in [1.54, 1.807) is 4.90 Å². The number of likely N-dealkylation sites (N-methyl/N-ethyl adjacent to an activating group) is 1. The minimum absolute atomic E-state index is 0.0181. The fraction of sp³-hybridized carbons (Fsp3) is 0.500. The zero-order valence-electron chi connectivity index (χ0n) is 12.7. The van der Waals surface area contributed by atoms with Crippen LogP contribution in [0.2, 0.25) is 0 Å². The van der Waals surface area contributed by atoms with Crippen LogP contribution in [0, 0.1) is 0 Å². The van der Waals surface area contributed by atoms with Crippen molar-refractivity contribution >= 4 is 12.0 Å². The van der Waals surface area contributed by atoms with E-state index >= 15 is 0 Å². The minimum Gasteiger partial charge on any atom is -0.448 e. The fourth-order valence-electron chi connectivity index (χ4n) is 3.01. The fourth-order valence-corrected chi connectivity index (χ4v) is 3.01. The quantitative estimate of drug-likeness (QED) is 0.885. The summed E-state index contributed by atoms with van der Waals surface area (Å²) in [4.78, 5) is 27.4. The van der Waals surface area contributed by atoms with Gasteiger partial charge in [0.15, 0.2) is 0 Å². The SMILES string of the molecule is CN1Cc2ccccc2C[C@H]1C(=O)NCCN1CCOC1=O. The van der Waals surface area contributed by atoms with E-state index in [2.05, 4.69) is 22.3 Å². The van der Waals surface area contributed by atoms with Gasteiger partial charge in [-0.2, -0.15) is 0 Å². The number of carbonyl (C=O) groups excluding carboxylic acids is 2. The van der Waals surface area contributed by atoms with Crippen LogP contribution >= 0.6 is 0 Å². The summed E-state index contributed by atoms with van der Waals surface area (Å²) >= 11 is 0. The molecule has 0 bridgehead atoms. The van der Waals surface area contributed by atoms with Gasteiger partial charge in [0.05, 0.1) is 12.6 Å². The molecular formula is C16H21N3O3. The summed E-state index contributed by atoms with van der Waals surface area (Å²) in [6.45, 7) is 2.78. The van der Waals surface area contributed by atoms with E-state index < -0.39 is 0 Å². The first-order valence-electron chi connectivity index (χ1n) is 7.61. The standard InChI is InChI=1S/C16H21N3O3/c1-18-11-13-5-3-2-4-12(13)10-14(18)15(20)17-6-7-19-8-9-22-16(19)21/h2-5,14H,6-11H2,1H3,(H,17,20)/t14-/m0/s1. The highest BCUT2D eigenvalue weighted by Gasteiger charge is 2.29. The lowest BCUT2D eigenvalue weighted by Crippen LogP contribution is -2.49. The maximum Gasteiger partial charge on any atom is 0.409 e. The number of rotatable bonds is 4. The molecule has 1 aromatic rings. The lowest BCUT2D eigenvalue weighted by Gasteiger charge is -2.33. The molecule has 2 heterocycles. The zero-order chi connectivity index (χ0) is 15.5. The summed E-state index contributed by atoms with van der Waals surface area (Å²) in [7, 11) is 1.97. The topological polar surface area (TPSA) is 61.9 Å². The molecule has 0 unspecified atom stereocenters. The van der Waals surface area contributed by atoms with Crippen LogP contribution in [0.1, 0.15) is 11.1 Å². The molecule has 1 N–H and O–H groups in total. The van der Waals surface area contributed by atoms with Gasteiger partial charge in [-0.25, -0.2) is 4.79 Å². The average Bonchev–Trinajstić information content (AvgIpc) is 2.92. The van der Waals surface area contributed by atoms with E-state index in [1.807, 2.05) is 19.2 Å². The van der Waals surface area contributed by atoms with E-state index in [0.29, 0.717) is 26.2 Å². The lowest BCUT2D eigenvalue weighted by atomic mass is 9.94. The van der Waals surface area contributed by atoms with Crippen LogP contribution in [0.15, 0.2) is 24.3 Å². The van der Waals surface area contributed by atoms with Gasteiger partial charge in [-0.05, 0) is 24.6 Å². The molecule has 6 heteroatoms. The minimum atomic E-state index is -0.294. The highest BCUT2D eigenvalue weighted by molar-refractivity contribution is 5.82. The third-order valence-electron chi connectivity index (χ3n) is 4.31. The molecule has 0 saturated carbocycles. The first kappa shape index (κ1) is 14.8. The molecule has 2 amide bonds. The van der Waals surface area contributed by atoms with Crippen molar-refractivity contribution in [2.24, 2.45) is 0 Å². The molecular weight excluding hydrogens is 282 g/mol. The molecule has 1 saturated heterocycles. The normalized spacial score (nSPS) is 21.4. The Hall–Kier alpha value is -2.08. The average molecular weight is 303 g/mol. The van der Waals surface area contributed by atoms with Crippen LogP contribution in [-0.2, 0) is 22.5 Å². The van der Waals surface area contributed by atoms with Gasteiger partial charge in [-0.15, -0.1) is 0 Å². The first-order chi connectivity index (χ1) is 10.6. The van der Waals surface area contributed by atoms with Crippen molar-refractivity contribution in [1.82, 2.24) is 15.1 Å². The van der Waals surface area contributed by atoms with Gasteiger partial charge in [0, 0.05) is 19.6 Å². The molecule has 1 fully saturated rings. The molecule has 22 heavy (non-hydrogen) atoms. The number of amides is 2. The maximum absolute atomic E-state index is 12.4. The second-order valence-electron chi connectivity index (χ2n) is 5.80. The van der Waals surface area contributed by atoms with Crippen LogP contribution < -0.4 is 5.32 Å². The van der Waals surface area contributed by atoms with Crippen molar-refractivity contribution in [1.29, 1.82) is 0 Å². The van der Waals surface area contributed by atoms with E-state index in [0.717, 1.165) is 13.0 Å². The lowest BCUT2D eigenvalue weighted by molar-refractivity contribution is -0.126. The Kier molecular flexibility index (Phi) is 4.29. The van der Waals surface area contributed by atoms with E-state index in [4.69, 9.17) is 4.74 Å². The van der Waals surface area contributed by atoms with Crippen molar-refractivity contribution in [3.63, 3.8) is 0 Å². The number of benzene rings is 1. The van der Waals surface area contributed by atoms with Gasteiger partial charge in [-0.3, -0.25) is 9.69 Å². The highest BCUT2D eigenvalue weighted by Crippen LogP contribution is 2.21. The summed E-state index contributed by atoms with van der Waals surface area (Å²) in [6, 6.07) is 8.09. The predicted molar refractivity (Wildman–Crippen MR) is 81.3 cm³/mol. The van der Waals surface area contributed by atoms with Crippen molar-refractivity contribution in [2.75, 3.05) is 33.3 Å². The first-order valence-corrected chi connectivity index (χ1v) is 7.61. The molecule has 1 atom stereocenters. The Bertz CT molecular complexity index is 576. The van der Waals surface area contributed by atoms with Crippen molar-refractivity contribution < 1.29 is 14.3 Å². The summed E-state index contributed by atoms with van der Waals surface area (Å²) in [6.07, 6.45) is 0.433. The Balaban J connectivity index is 1.53. The van der Waals surface area contributed by atoms with Gasteiger partial charge >= 0.3 is 6.09 Å². The van der Waals surface area contributed by atoms with Crippen LogP contribution in [0.25, 0.3) is 0 Å². The zero-order valence-corrected chi connectivity index (χ0v) is 12.7. The molecule has 2 aliphatic heterocycles. The largest absolute Gasteiger partial charge is 0.448 e. The predicted octanol–water partition coefficient (Wildman–Crippen LogP) is 0.611. The van der Waals surface area contributed by atoms with Crippen LogP contribution in [0.3, 0.4) is 0 Å². The molecule has 0 aromatic heterocycles. The third kappa shape index (κ3) is 3.06. The van der Waals surface area contributed by atoms with Gasteiger partial charge < -0.3 is 15.0 Å². The Morgan fingerprint density at radius 2 is 2.14 bits per heavy atom. The number of fused-ring (bicyclic) bond motifs is 1. The number of carbonyl (C=O) groups is 2. The molecule has 3 rings (SSSR count). The Morgan fingerprint density at radius 1 is 1.36 bits per heavy atom. The van der Waals surface area contributed by atoms with Crippen LogP contribution in [0.5, 0.6) is 0 Å². The van der Waals surface area contributed by atoms with Gasteiger partial charge in [-0.1, -0.05) is 24.3 Å². The number of ether oxygens (including phenoxy) is 1. The summed E-state index contributed by atoms with van der Waals surface area (Å²) in [5.74, 6) is 0.0181. The van der Waals surface area contributed by atoms with Gasteiger partial charge in [0.2, 0.25) is 5.91 Å². The molecule has 6 nitrogen and oxygen atoms in total. The molecule has 0 aliphatic carbocycles. The van der Waals surface area contributed by atoms with Gasteiger partial charge in [0.1, 0.15) is 6.61 Å². The van der Waals surface area contributed by atoms with E-state index in [-0.39, 0.29) is 18.0 Å². The van der Waals surface area contributed by atoms with E-state index in [1.165, 1.54) is 11.1 Å². The summed E-state index contributed by atoms with van der Waals surface area (Å²) < 4.78 is 4.86. The van der Waals surface area contributed by atoms with E-state index in [9.17, 15) is 9.59 Å². The number of nitrogens with one attached hydrogen (secondary N) is 1. The summed E-state index contributed by atoms with van der Waals surface area (Å²) in [5.41, 5.74) is 2.53. The Labute approximate surface area is 130 Å². The number of cyclic esters (lactones) is 1. The highest BCUT2D eigenvalue weighted by atomic mass is 16.6. The van der Waals surface area contributed by atoms with Crippen molar-refractivity contribution in [3.05, 3.63) is 35.4 Å². The second kappa shape index (κ2) is 6.36. The molecule has 0 radical (unpaired) electrons. The van der Waals surface area contributed by atoms with Crippen molar-refractivity contribution in [3.8, 4) is 0 Å². The van der Waals surface area contributed by atoms with Crippen LogP contribution in [0.4, 0.5) is 4.79 Å². The number of nitrogens with zero attached hydrogens (tertiary/aromatic N) is 2. The summed E-state index contributed by atoms with van der Waals surface area (Å²) in [5, 5.41) is 2.93. The monoisotopic (exact) mass is 303 g/mol. The molecule has 1 aromatic carbocycles. The Morgan fingerprint density at radius 3 is 2.86 bits per heavy atom. The molecule has 118 valence electrons. The van der Waals surface area contributed by atoms with Crippen molar-refractivity contribution in [2.45, 2.75) is 19.0 Å². The number of hydrogen-bond donors (Lipinski definition) is 1.